The number of nitrogens with zero attached hydrogens (tertiary/aromatic N) is 3. The van der Waals surface area contributed by atoms with Crippen LogP contribution in [-0.2, 0) is 0 Å². The van der Waals surface area contributed by atoms with Crippen molar-refractivity contribution in [2.24, 2.45) is 0 Å². The van der Waals surface area contributed by atoms with E-state index in [0.717, 1.165) is 34.1 Å². The molecule has 0 aliphatic rings. The lowest BCUT2D eigenvalue weighted by Gasteiger charge is -2.25. The summed E-state index contributed by atoms with van der Waals surface area (Å²) in [6.45, 7) is 0. The number of rotatable bonds is 6. The molecule has 0 aliphatic heterocycles. The molecule has 0 saturated heterocycles. The maximum Gasteiger partial charge on any atom is 0.0635 e. The lowest BCUT2D eigenvalue weighted by Crippen LogP contribution is -2.09. The molecule has 4 heteroatoms. The molecule has 0 unspecified atom stereocenters. The highest BCUT2D eigenvalue weighted by Gasteiger charge is 2.24. The topological polar surface area (TPSA) is 10.9 Å². The maximum absolute atomic E-state index is 2.56. The van der Waals surface area contributed by atoms with Crippen LogP contribution in [0.2, 0.25) is 0 Å². The van der Waals surface area contributed by atoms with E-state index in [-0.39, 0.29) is 0 Å². The second kappa shape index (κ2) is 12.9. The van der Waals surface area contributed by atoms with Crippen LogP contribution in [0.15, 0.2) is 212 Å². The molecule has 0 radical (unpaired) electrons. The van der Waals surface area contributed by atoms with Crippen molar-refractivity contribution in [1.29, 1.82) is 0 Å². The van der Waals surface area contributed by atoms with Crippen molar-refractivity contribution in [1.82, 2.24) is 4.40 Å². The minimum absolute atomic E-state index is 1.13. The van der Waals surface area contributed by atoms with E-state index >= 15 is 0 Å². The van der Waals surface area contributed by atoms with E-state index in [0.29, 0.717) is 0 Å². The molecule has 0 amide bonds. The molecule has 280 valence electrons. The molecule has 0 atom stereocenters. The standard InChI is InChI=1S/C56H35N3S/c1-5-15-40(16-6-1)57(41-17-7-2-8-18-41)44-27-25-36-33-51-47(31-38(36)29-44)48-35-49-46-23-13-14-24-53(46)60-56(49)54-50-32-39-30-45(28-26-37(39)34-52(50)59(51)55(48)54)58(42-19-9-3-10-20-42)43-21-11-4-12-22-43/h1-35H. The highest BCUT2D eigenvalue weighted by Crippen LogP contribution is 2.49. The zero-order valence-electron chi connectivity index (χ0n) is 32.5. The molecule has 3 nitrogen and oxygen atoms in total. The van der Waals surface area contributed by atoms with Gasteiger partial charge in [0.05, 0.1) is 16.6 Å². The van der Waals surface area contributed by atoms with E-state index in [1.54, 1.807) is 0 Å². The summed E-state index contributed by atoms with van der Waals surface area (Å²) >= 11 is 1.92. The fourth-order valence-corrected chi connectivity index (χ4v) is 11.0. The first kappa shape index (κ1) is 33.3. The normalized spacial score (nSPS) is 12.0. The first-order valence-corrected chi connectivity index (χ1v) is 21.3. The van der Waals surface area contributed by atoms with Gasteiger partial charge in [-0.25, -0.2) is 0 Å². The lowest BCUT2D eigenvalue weighted by molar-refractivity contribution is 1.29. The van der Waals surface area contributed by atoms with Gasteiger partial charge in [-0.05, 0) is 131 Å². The first-order chi connectivity index (χ1) is 29.7. The highest BCUT2D eigenvalue weighted by atomic mass is 32.1. The third-order valence-electron chi connectivity index (χ3n) is 12.4. The Hall–Kier alpha value is -7.66. The van der Waals surface area contributed by atoms with Gasteiger partial charge in [-0.3, -0.25) is 0 Å². The van der Waals surface area contributed by atoms with Gasteiger partial charge < -0.3 is 14.2 Å². The molecule has 0 saturated carbocycles. The zero-order valence-corrected chi connectivity index (χ0v) is 33.3. The molecule has 0 spiro atoms. The van der Waals surface area contributed by atoms with Crippen molar-refractivity contribution in [3.8, 4) is 0 Å². The number of hydrogen-bond acceptors (Lipinski definition) is 3. The van der Waals surface area contributed by atoms with Crippen molar-refractivity contribution in [3.05, 3.63) is 212 Å². The summed E-state index contributed by atoms with van der Waals surface area (Å²) in [5.41, 5.74) is 10.6. The van der Waals surface area contributed by atoms with E-state index < -0.39 is 0 Å². The Kier molecular flexibility index (Phi) is 7.18. The van der Waals surface area contributed by atoms with E-state index in [2.05, 4.69) is 227 Å². The summed E-state index contributed by atoms with van der Waals surface area (Å²) in [5.74, 6) is 0. The van der Waals surface area contributed by atoms with Crippen LogP contribution in [0.5, 0.6) is 0 Å². The van der Waals surface area contributed by atoms with Crippen LogP contribution in [0.1, 0.15) is 0 Å². The van der Waals surface area contributed by atoms with Gasteiger partial charge in [-0.2, -0.15) is 0 Å². The molecule has 0 bridgehead atoms. The molecule has 13 aromatic rings. The SMILES string of the molecule is c1ccc(N(c2ccccc2)c2ccc3cc4c(cc3c2)c2cc3c5ccccc5sc3c3c5cc6cc(N(c7ccccc7)c7ccccc7)ccc6cc5n4c23)cc1. The molecule has 0 aliphatic carbocycles. The Balaban J connectivity index is 1.08. The maximum atomic E-state index is 2.56. The predicted octanol–water partition coefficient (Wildman–Crippen LogP) is 16.5. The third kappa shape index (κ3) is 4.95. The van der Waals surface area contributed by atoms with Crippen LogP contribution in [0, 0.1) is 0 Å². The smallest absolute Gasteiger partial charge is 0.0635 e. The zero-order chi connectivity index (χ0) is 39.3. The summed E-state index contributed by atoms with van der Waals surface area (Å²) in [7, 11) is 0. The number of hydrogen-bond donors (Lipinski definition) is 0. The Morgan fingerprint density at radius 1 is 0.317 bits per heavy atom. The Morgan fingerprint density at radius 2 is 0.783 bits per heavy atom. The van der Waals surface area contributed by atoms with Crippen LogP contribution in [0.3, 0.4) is 0 Å². The third-order valence-corrected chi connectivity index (χ3v) is 13.6. The van der Waals surface area contributed by atoms with Gasteiger partial charge in [0.2, 0.25) is 0 Å². The number of fused-ring (bicyclic) bond motifs is 12. The number of aromatic nitrogens is 1. The van der Waals surface area contributed by atoms with Gasteiger partial charge in [0.15, 0.2) is 0 Å². The first-order valence-electron chi connectivity index (χ1n) is 20.5. The van der Waals surface area contributed by atoms with Gasteiger partial charge in [-0.1, -0.05) is 103 Å². The number of thiophene rings is 1. The van der Waals surface area contributed by atoms with Crippen molar-refractivity contribution >= 4 is 125 Å². The second-order valence-electron chi connectivity index (χ2n) is 15.8. The van der Waals surface area contributed by atoms with Crippen LogP contribution in [0.25, 0.3) is 79.8 Å². The van der Waals surface area contributed by atoms with Crippen molar-refractivity contribution < 1.29 is 0 Å². The summed E-state index contributed by atoms with van der Waals surface area (Å²) < 4.78 is 5.23. The van der Waals surface area contributed by atoms with Crippen LogP contribution >= 0.6 is 11.3 Å². The van der Waals surface area contributed by atoms with Gasteiger partial charge in [0.25, 0.3) is 0 Å². The molecular formula is C56H35N3S. The number of anilines is 6. The number of benzene rings is 10. The molecule has 13 rings (SSSR count). The minimum Gasteiger partial charge on any atom is -0.310 e. The highest BCUT2D eigenvalue weighted by molar-refractivity contribution is 7.26. The molecule has 3 heterocycles. The molecule has 10 aromatic carbocycles. The second-order valence-corrected chi connectivity index (χ2v) is 16.8. The van der Waals surface area contributed by atoms with Gasteiger partial charge in [0, 0.05) is 75.8 Å². The monoisotopic (exact) mass is 781 g/mol. The van der Waals surface area contributed by atoms with E-state index in [1.807, 2.05) is 11.3 Å². The Morgan fingerprint density at radius 3 is 1.32 bits per heavy atom. The number of para-hydroxylation sites is 4. The quantitative estimate of drug-likeness (QED) is 0.166. The van der Waals surface area contributed by atoms with Crippen molar-refractivity contribution in [3.63, 3.8) is 0 Å². The average Bonchev–Trinajstić information content (AvgIpc) is 3.95. The van der Waals surface area contributed by atoms with E-state index in [9.17, 15) is 0 Å². The predicted molar refractivity (Wildman–Crippen MR) is 258 cm³/mol. The Labute approximate surface area is 350 Å². The fourth-order valence-electron chi connectivity index (χ4n) is 9.72. The van der Waals surface area contributed by atoms with Gasteiger partial charge in [0.1, 0.15) is 0 Å². The summed E-state index contributed by atoms with van der Waals surface area (Å²) in [5, 5.41) is 12.8. The van der Waals surface area contributed by atoms with Crippen molar-refractivity contribution in [2.45, 2.75) is 0 Å². The molecule has 0 fully saturated rings. The molecule has 0 N–H and O–H groups in total. The largest absolute Gasteiger partial charge is 0.310 e. The van der Waals surface area contributed by atoms with Gasteiger partial charge >= 0.3 is 0 Å². The molecule has 3 aromatic heterocycles. The van der Waals surface area contributed by atoms with Crippen LogP contribution in [0.4, 0.5) is 34.1 Å². The van der Waals surface area contributed by atoms with Crippen molar-refractivity contribution in [2.75, 3.05) is 9.80 Å². The summed E-state index contributed by atoms with van der Waals surface area (Å²) in [4.78, 5) is 4.70. The molecular weight excluding hydrogens is 747 g/mol. The lowest BCUT2D eigenvalue weighted by atomic mass is 10.00. The summed E-state index contributed by atoms with van der Waals surface area (Å²) in [6, 6.07) is 77.6. The fraction of sp³-hybridized carbons (Fsp3) is 0. The van der Waals surface area contributed by atoms with E-state index in [4.69, 9.17) is 0 Å². The molecule has 60 heavy (non-hydrogen) atoms. The van der Waals surface area contributed by atoms with Crippen LogP contribution in [-0.4, -0.2) is 4.40 Å². The average molecular weight is 782 g/mol. The van der Waals surface area contributed by atoms with Gasteiger partial charge in [-0.15, -0.1) is 11.3 Å². The summed E-state index contributed by atoms with van der Waals surface area (Å²) in [6.07, 6.45) is 0. The van der Waals surface area contributed by atoms with Crippen LogP contribution < -0.4 is 9.80 Å². The minimum atomic E-state index is 1.13. The Bertz CT molecular complexity index is 3680. The van der Waals surface area contributed by atoms with E-state index in [1.165, 1.54) is 79.8 Å².